The van der Waals surface area contributed by atoms with E-state index in [-0.39, 0.29) is 35.5 Å². The zero-order valence-corrected chi connectivity index (χ0v) is 14.1. The number of esters is 1. The highest BCUT2D eigenvalue weighted by Gasteiger charge is 2.13. The fourth-order valence-corrected chi connectivity index (χ4v) is 2.08. The second kappa shape index (κ2) is 9.03. The van der Waals surface area contributed by atoms with Crippen molar-refractivity contribution in [3.8, 4) is 5.75 Å². The van der Waals surface area contributed by atoms with Gasteiger partial charge in [0.05, 0.1) is 12.1 Å². The van der Waals surface area contributed by atoms with Crippen LogP contribution in [-0.2, 0) is 16.1 Å². The lowest BCUT2D eigenvalue weighted by molar-refractivity contribution is -0.140. The van der Waals surface area contributed by atoms with E-state index in [1.807, 2.05) is 0 Å². The van der Waals surface area contributed by atoms with Crippen LogP contribution in [0.1, 0.15) is 29.1 Å². The molecule has 0 aliphatic rings. The third-order valence-electron chi connectivity index (χ3n) is 3.13. The molecule has 134 valence electrons. The Morgan fingerprint density at radius 1 is 1.36 bits per heavy atom. The molecule has 2 aromatic rings. The largest absolute Gasteiger partial charge is 0.484 e. The van der Waals surface area contributed by atoms with Gasteiger partial charge in [0.1, 0.15) is 18.2 Å². The summed E-state index contributed by atoms with van der Waals surface area (Å²) in [6.07, 6.45) is 0.669. The van der Waals surface area contributed by atoms with Gasteiger partial charge < -0.3 is 19.3 Å². The second-order valence-electron chi connectivity index (χ2n) is 4.98. The summed E-state index contributed by atoms with van der Waals surface area (Å²) in [6, 6.07) is 5.16. The molecular weight excluding hydrogens is 355 g/mol. The van der Waals surface area contributed by atoms with Crippen LogP contribution in [0.25, 0.3) is 0 Å². The molecule has 0 saturated heterocycles. The molecule has 9 heteroatoms. The normalized spacial score (nSPS) is 10.4. The summed E-state index contributed by atoms with van der Waals surface area (Å²) in [5.41, 5.74) is 0.0851. The monoisotopic (exact) mass is 370 g/mol. The molecule has 1 amide bonds. The van der Waals surface area contributed by atoms with Gasteiger partial charge in [-0.2, -0.15) is 0 Å². The smallest absolute Gasteiger partial charge is 0.305 e. The summed E-state index contributed by atoms with van der Waals surface area (Å²) in [7, 11) is 1.30. The van der Waals surface area contributed by atoms with Crippen LogP contribution in [0.2, 0.25) is 5.02 Å². The van der Waals surface area contributed by atoms with Crippen molar-refractivity contribution < 1.29 is 28.0 Å². The zero-order chi connectivity index (χ0) is 18.2. The van der Waals surface area contributed by atoms with E-state index < -0.39 is 11.7 Å². The Morgan fingerprint density at radius 2 is 2.16 bits per heavy atom. The average Bonchev–Trinajstić information content (AvgIpc) is 3.06. The Kier molecular flexibility index (Phi) is 6.76. The third-order valence-corrected chi connectivity index (χ3v) is 3.42. The van der Waals surface area contributed by atoms with Gasteiger partial charge in [0.25, 0.3) is 5.91 Å². The number of amides is 1. The van der Waals surface area contributed by atoms with Crippen molar-refractivity contribution in [2.75, 3.05) is 13.7 Å². The van der Waals surface area contributed by atoms with Crippen molar-refractivity contribution in [3.63, 3.8) is 0 Å². The minimum Gasteiger partial charge on any atom is -0.484 e. The summed E-state index contributed by atoms with van der Waals surface area (Å²) < 4.78 is 27.9. The molecule has 1 N–H and O–H groups in total. The molecule has 1 aromatic carbocycles. The lowest BCUT2D eigenvalue weighted by Crippen LogP contribution is -2.25. The van der Waals surface area contributed by atoms with E-state index in [0.29, 0.717) is 18.7 Å². The van der Waals surface area contributed by atoms with Gasteiger partial charge >= 0.3 is 5.97 Å². The topological polar surface area (TPSA) is 90.7 Å². The van der Waals surface area contributed by atoms with E-state index in [9.17, 15) is 14.0 Å². The molecule has 0 fully saturated rings. The predicted octanol–water partition coefficient (Wildman–Crippen LogP) is 2.73. The van der Waals surface area contributed by atoms with E-state index in [2.05, 4.69) is 15.2 Å². The van der Waals surface area contributed by atoms with Crippen LogP contribution in [0.5, 0.6) is 5.75 Å². The summed E-state index contributed by atoms with van der Waals surface area (Å²) in [5.74, 6) is -0.647. The maximum atomic E-state index is 13.0. The number of carbonyl (C=O) groups excluding carboxylic acids is 2. The molecule has 1 heterocycles. The van der Waals surface area contributed by atoms with E-state index in [1.54, 1.807) is 0 Å². The van der Waals surface area contributed by atoms with Crippen molar-refractivity contribution in [2.45, 2.75) is 19.4 Å². The minimum absolute atomic E-state index is 0.0199. The van der Waals surface area contributed by atoms with Crippen LogP contribution >= 0.6 is 11.6 Å². The predicted molar refractivity (Wildman–Crippen MR) is 85.8 cm³/mol. The standard InChI is InChI=1S/C16H16ClFN2O5/c1-23-15(21)3-2-6-19-16(22)13-8-11(25-20-13)9-24-14-5-4-10(18)7-12(14)17/h4-5,7-8H,2-3,6,9H2,1H3,(H,19,22). The maximum Gasteiger partial charge on any atom is 0.305 e. The van der Waals surface area contributed by atoms with Crippen molar-refractivity contribution in [3.05, 3.63) is 46.6 Å². The molecule has 0 aliphatic carbocycles. The lowest BCUT2D eigenvalue weighted by atomic mass is 10.3. The average molecular weight is 371 g/mol. The molecule has 7 nitrogen and oxygen atoms in total. The number of rotatable bonds is 8. The number of benzene rings is 1. The summed E-state index contributed by atoms with van der Waals surface area (Å²) >= 11 is 5.85. The number of aromatic nitrogens is 1. The number of methoxy groups -OCH3 is 1. The number of ether oxygens (including phenoxy) is 2. The highest BCUT2D eigenvalue weighted by molar-refractivity contribution is 6.32. The summed E-state index contributed by atoms with van der Waals surface area (Å²) in [5, 5.41) is 6.38. The van der Waals surface area contributed by atoms with Crippen LogP contribution in [0.15, 0.2) is 28.8 Å². The fourth-order valence-electron chi connectivity index (χ4n) is 1.86. The highest BCUT2D eigenvalue weighted by atomic mass is 35.5. The number of hydrogen-bond acceptors (Lipinski definition) is 6. The lowest BCUT2D eigenvalue weighted by Gasteiger charge is -2.05. The first-order chi connectivity index (χ1) is 12.0. The first-order valence-electron chi connectivity index (χ1n) is 7.38. The van der Waals surface area contributed by atoms with Crippen LogP contribution < -0.4 is 10.1 Å². The quantitative estimate of drug-likeness (QED) is 0.567. The van der Waals surface area contributed by atoms with Gasteiger partial charge in [0.2, 0.25) is 0 Å². The van der Waals surface area contributed by atoms with E-state index in [4.69, 9.17) is 20.9 Å². The van der Waals surface area contributed by atoms with Gasteiger partial charge in [-0.15, -0.1) is 0 Å². The summed E-state index contributed by atoms with van der Waals surface area (Å²) in [6.45, 7) is 0.284. The summed E-state index contributed by atoms with van der Waals surface area (Å²) in [4.78, 5) is 22.8. The SMILES string of the molecule is COC(=O)CCCNC(=O)c1cc(COc2ccc(F)cc2Cl)on1. The second-order valence-corrected chi connectivity index (χ2v) is 5.38. The van der Waals surface area contributed by atoms with Gasteiger partial charge in [-0.25, -0.2) is 4.39 Å². The Morgan fingerprint density at radius 3 is 2.88 bits per heavy atom. The first-order valence-corrected chi connectivity index (χ1v) is 7.76. The van der Waals surface area contributed by atoms with Crippen LogP contribution in [0.4, 0.5) is 4.39 Å². The number of nitrogens with one attached hydrogen (secondary N) is 1. The molecule has 0 atom stereocenters. The molecule has 0 spiro atoms. The number of hydrogen-bond donors (Lipinski definition) is 1. The number of carbonyl (C=O) groups is 2. The third kappa shape index (κ3) is 5.75. The molecular formula is C16H16ClFN2O5. The van der Waals surface area contributed by atoms with Crippen molar-refractivity contribution in [1.82, 2.24) is 10.5 Å². The van der Waals surface area contributed by atoms with Crippen molar-refractivity contribution >= 4 is 23.5 Å². The van der Waals surface area contributed by atoms with Crippen LogP contribution in [-0.4, -0.2) is 30.7 Å². The Labute approximate surface area is 148 Å². The minimum atomic E-state index is -0.469. The zero-order valence-electron chi connectivity index (χ0n) is 13.4. The molecule has 0 unspecified atom stereocenters. The van der Waals surface area contributed by atoms with Gasteiger partial charge in [0.15, 0.2) is 11.5 Å². The van der Waals surface area contributed by atoms with Gasteiger partial charge in [-0.3, -0.25) is 9.59 Å². The molecule has 2 rings (SSSR count). The van der Waals surface area contributed by atoms with Gasteiger partial charge in [-0.1, -0.05) is 16.8 Å². The van der Waals surface area contributed by atoms with E-state index in [1.165, 1.54) is 25.3 Å². The van der Waals surface area contributed by atoms with Gasteiger partial charge in [0, 0.05) is 19.0 Å². The molecule has 1 aromatic heterocycles. The number of nitrogens with zero attached hydrogens (tertiary/aromatic N) is 1. The number of halogens is 2. The van der Waals surface area contributed by atoms with E-state index >= 15 is 0 Å². The molecule has 0 saturated carbocycles. The Balaban J connectivity index is 1.80. The Hall–Kier alpha value is -2.61. The Bertz CT molecular complexity index is 750. The van der Waals surface area contributed by atoms with Crippen LogP contribution in [0.3, 0.4) is 0 Å². The van der Waals surface area contributed by atoms with Crippen LogP contribution in [0, 0.1) is 5.82 Å². The molecule has 0 bridgehead atoms. The van der Waals surface area contributed by atoms with Crippen molar-refractivity contribution in [2.24, 2.45) is 0 Å². The molecule has 0 aliphatic heterocycles. The first kappa shape index (κ1) is 18.7. The maximum absolute atomic E-state index is 13.0. The van der Waals surface area contributed by atoms with E-state index in [0.717, 1.165) is 6.07 Å². The van der Waals surface area contributed by atoms with Gasteiger partial charge in [-0.05, 0) is 24.6 Å². The molecule has 25 heavy (non-hydrogen) atoms. The van der Waals surface area contributed by atoms with Crippen molar-refractivity contribution in [1.29, 1.82) is 0 Å². The highest BCUT2D eigenvalue weighted by Crippen LogP contribution is 2.25. The molecule has 0 radical (unpaired) electrons. The fraction of sp³-hybridized carbons (Fsp3) is 0.312.